The fraction of sp³-hybridized carbons (Fsp3) is 0.353. The number of thioether (sulfide) groups is 1. The van der Waals surface area contributed by atoms with E-state index in [1.54, 1.807) is 0 Å². The Labute approximate surface area is 203 Å². The van der Waals surface area contributed by atoms with E-state index in [1.165, 1.54) is 6.92 Å². The minimum absolute atomic E-state index is 0.00372. The lowest BCUT2D eigenvalue weighted by atomic mass is 10.0. The van der Waals surface area contributed by atoms with Crippen molar-refractivity contribution in [3.05, 3.63) is 21.3 Å². The number of ether oxygens (including phenoxy) is 1. The summed E-state index contributed by atoms with van der Waals surface area (Å²) in [7, 11) is 0. The van der Waals surface area contributed by atoms with Crippen LogP contribution in [0.3, 0.4) is 0 Å². The molecule has 14 nitrogen and oxygen atoms in total. The molecular weight excluding hydrogens is 518 g/mol. The number of oxime groups is 1. The summed E-state index contributed by atoms with van der Waals surface area (Å²) in [6.45, 7) is 0.0150. The van der Waals surface area contributed by atoms with Gasteiger partial charge in [0, 0.05) is 18.2 Å². The number of aromatic nitrogens is 1. The van der Waals surface area contributed by atoms with E-state index in [1.807, 2.05) is 0 Å². The molecule has 0 aromatic carbocycles. The van der Waals surface area contributed by atoms with E-state index in [2.05, 4.69) is 20.3 Å². The number of carbonyl (C=O) groups is 5. The quantitative estimate of drug-likeness (QED) is 0.137. The number of nitrogens with one attached hydrogen (secondary N) is 1. The van der Waals surface area contributed by atoms with Crippen LogP contribution in [0.5, 0.6) is 0 Å². The molecule has 0 radical (unpaired) electrons. The molecule has 3 heterocycles. The average molecular weight is 534 g/mol. The zero-order chi connectivity index (χ0) is 25.2. The van der Waals surface area contributed by atoms with Crippen molar-refractivity contribution < 1.29 is 43.8 Å². The van der Waals surface area contributed by atoms with Gasteiger partial charge in [0.1, 0.15) is 33.7 Å². The smallest absolute Gasteiger partial charge is 0.352 e. The van der Waals surface area contributed by atoms with Crippen LogP contribution in [-0.4, -0.2) is 85.9 Å². The third-order valence-electron chi connectivity index (χ3n) is 4.37. The zero-order valence-corrected chi connectivity index (χ0v) is 19.5. The van der Waals surface area contributed by atoms with Crippen LogP contribution in [0.4, 0.5) is 5.13 Å². The molecule has 2 aliphatic rings. The molecule has 34 heavy (non-hydrogen) atoms. The van der Waals surface area contributed by atoms with E-state index in [4.69, 9.17) is 27.2 Å². The van der Waals surface area contributed by atoms with Gasteiger partial charge >= 0.3 is 17.9 Å². The number of aliphatic carboxylic acids is 2. The van der Waals surface area contributed by atoms with Crippen molar-refractivity contribution in [2.45, 2.75) is 18.3 Å². The van der Waals surface area contributed by atoms with Gasteiger partial charge in [-0.1, -0.05) is 28.1 Å². The Morgan fingerprint density at radius 3 is 2.62 bits per heavy atom. The van der Waals surface area contributed by atoms with Crippen LogP contribution in [0.15, 0.2) is 16.4 Å². The van der Waals surface area contributed by atoms with E-state index in [0.29, 0.717) is 0 Å². The highest BCUT2D eigenvalue weighted by molar-refractivity contribution is 8.00. The Hall–Kier alpha value is -3.37. The molecule has 5 N–H and O–H groups in total. The number of nitrogen functional groups attached to an aromatic ring is 1. The Balaban J connectivity index is 1.81. The molecule has 1 fully saturated rings. The van der Waals surface area contributed by atoms with E-state index in [-0.39, 0.29) is 38.8 Å². The number of hydrogen-bond acceptors (Lipinski definition) is 12. The summed E-state index contributed by atoms with van der Waals surface area (Å²) in [6, 6.07) is -1.14. The van der Waals surface area contributed by atoms with Crippen LogP contribution in [0, 0.1) is 0 Å². The molecule has 2 amide bonds. The monoisotopic (exact) mass is 533 g/mol. The number of nitrogens with zero attached hydrogens (tertiary/aromatic N) is 3. The molecule has 1 aromatic heterocycles. The number of nitrogens with two attached hydrogens (primary N) is 1. The van der Waals surface area contributed by atoms with Crippen molar-refractivity contribution >= 4 is 75.3 Å². The van der Waals surface area contributed by atoms with Crippen LogP contribution in [-0.2, 0) is 33.5 Å². The van der Waals surface area contributed by atoms with Gasteiger partial charge in [0.2, 0.25) is 6.61 Å². The molecule has 0 aliphatic carbocycles. The first kappa shape index (κ1) is 25.3. The molecule has 0 spiro atoms. The number of thiazole rings is 1. The van der Waals surface area contributed by atoms with Crippen LogP contribution >= 0.6 is 34.7 Å². The predicted octanol–water partition coefficient (Wildman–Crippen LogP) is -0.514. The first-order valence-electron chi connectivity index (χ1n) is 9.19. The highest BCUT2D eigenvalue weighted by atomic mass is 35.5. The van der Waals surface area contributed by atoms with E-state index in [0.717, 1.165) is 28.0 Å². The number of halogens is 1. The number of anilines is 1. The van der Waals surface area contributed by atoms with Gasteiger partial charge in [-0.25, -0.2) is 14.6 Å². The Bertz CT molecular complexity index is 1130. The molecule has 17 heteroatoms. The van der Waals surface area contributed by atoms with E-state index in [9.17, 15) is 29.1 Å². The molecule has 1 aromatic rings. The van der Waals surface area contributed by atoms with Crippen LogP contribution in [0.25, 0.3) is 0 Å². The number of esters is 1. The molecular formula is C17H16ClN5O9S2. The zero-order valence-electron chi connectivity index (χ0n) is 17.1. The number of amides is 2. The van der Waals surface area contributed by atoms with Crippen molar-refractivity contribution in [1.29, 1.82) is 0 Å². The minimum Gasteiger partial charge on any atom is -0.479 e. The molecule has 0 saturated carbocycles. The minimum atomic E-state index is -1.39. The van der Waals surface area contributed by atoms with Gasteiger partial charge in [-0.05, 0) is 0 Å². The lowest BCUT2D eigenvalue weighted by Crippen LogP contribution is -2.71. The maximum Gasteiger partial charge on any atom is 0.352 e. The summed E-state index contributed by atoms with van der Waals surface area (Å²) in [4.78, 5) is 68.7. The summed E-state index contributed by atoms with van der Waals surface area (Å²) >= 11 is 8.02. The van der Waals surface area contributed by atoms with Crippen molar-refractivity contribution in [1.82, 2.24) is 15.2 Å². The molecule has 2 aliphatic heterocycles. The van der Waals surface area contributed by atoms with Crippen LogP contribution in [0.1, 0.15) is 12.6 Å². The number of carboxylic acid groups (broad SMARTS) is 2. The van der Waals surface area contributed by atoms with Crippen molar-refractivity contribution in [3.8, 4) is 0 Å². The second kappa shape index (κ2) is 10.3. The number of β-lactam (4-membered cyclic amide) rings is 1. The molecule has 3 rings (SSSR count). The first-order valence-corrected chi connectivity index (χ1v) is 11.4. The maximum atomic E-state index is 12.9. The summed E-state index contributed by atoms with van der Waals surface area (Å²) in [5, 5.41) is 23.5. The summed E-state index contributed by atoms with van der Waals surface area (Å²) in [5.74, 6) is -4.91. The average Bonchev–Trinajstić information content (AvgIpc) is 3.09. The first-order chi connectivity index (χ1) is 16.0. The molecule has 1 saturated heterocycles. The number of carbonyl (C=O) groups excluding carboxylic acids is 3. The maximum absolute atomic E-state index is 12.9. The van der Waals surface area contributed by atoms with Gasteiger partial charge in [-0.2, -0.15) is 0 Å². The van der Waals surface area contributed by atoms with Gasteiger partial charge in [0.25, 0.3) is 11.8 Å². The van der Waals surface area contributed by atoms with Gasteiger partial charge in [0.05, 0.1) is 0 Å². The second-order valence-electron chi connectivity index (χ2n) is 6.68. The SMILES string of the molecule is CC(=O)OCC1=C(C(=O)O)N2C(=O)[C@@H](NC(=O)C(=NOCC(=O)O)c3nc(N)sc3Cl)[C@H]2SC1. The lowest BCUT2D eigenvalue weighted by molar-refractivity contribution is -0.150. The highest BCUT2D eigenvalue weighted by Crippen LogP contribution is 2.40. The van der Waals surface area contributed by atoms with E-state index < -0.39 is 53.5 Å². The fourth-order valence-electron chi connectivity index (χ4n) is 3.00. The molecule has 2 atom stereocenters. The largest absolute Gasteiger partial charge is 0.479 e. The predicted molar refractivity (Wildman–Crippen MR) is 118 cm³/mol. The van der Waals surface area contributed by atoms with Crippen LogP contribution < -0.4 is 11.1 Å². The van der Waals surface area contributed by atoms with Crippen molar-refractivity contribution in [3.63, 3.8) is 0 Å². The molecule has 0 unspecified atom stereocenters. The fourth-order valence-corrected chi connectivity index (χ4v) is 5.26. The normalized spacial score (nSPS) is 19.8. The Morgan fingerprint density at radius 2 is 2.06 bits per heavy atom. The second-order valence-corrected chi connectivity index (χ2v) is 9.42. The Kier molecular flexibility index (Phi) is 7.63. The van der Waals surface area contributed by atoms with Crippen molar-refractivity contribution in [2.75, 3.05) is 24.7 Å². The molecule has 0 bridgehead atoms. The number of rotatable bonds is 9. The number of carboxylic acids is 2. The standard InChI is InChI=1S/C17H16ClN5O9S2/c1-5(24)31-2-6-4-33-15-10(14(28)23(15)11(6)16(29)30)20-13(27)9(22-32-3-7(25)26)8-12(18)34-17(19)21-8/h10,15H,2-4H2,1H3,(H2,19,21)(H,20,27)(H,25,26)(H,29,30)/t10-,15-/m1/s1. The van der Waals surface area contributed by atoms with Crippen molar-refractivity contribution in [2.24, 2.45) is 5.16 Å². The van der Waals surface area contributed by atoms with Crippen LogP contribution in [0.2, 0.25) is 4.34 Å². The van der Waals surface area contributed by atoms with Gasteiger partial charge < -0.3 is 30.8 Å². The topological polar surface area (TPSA) is 211 Å². The summed E-state index contributed by atoms with van der Waals surface area (Å²) in [6.07, 6.45) is 0. The van der Waals surface area contributed by atoms with Gasteiger partial charge in [0.15, 0.2) is 10.8 Å². The third kappa shape index (κ3) is 5.23. The molecule has 182 valence electrons. The number of fused-ring (bicyclic) bond motifs is 1. The summed E-state index contributed by atoms with van der Waals surface area (Å²) < 4.78 is 4.84. The lowest BCUT2D eigenvalue weighted by Gasteiger charge is -2.49. The highest BCUT2D eigenvalue weighted by Gasteiger charge is 2.54. The Morgan fingerprint density at radius 1 is 1.35 bits per heavy atom. The summed E-state index contributed by atoms with van der Waals surface area (Å²) in [5.41, 5.74) is 4.80. The number of hydrogen-bond donors (Lipinski definition) is 4. The van der Waals surface area contributed by atoms with Gasteiger partial charge in [-0.3, -0.25) is 19.3 Å². The van der Waals surface area contributed by atoms with Gasteiger partial charge in [-0.15, -0.1) is 11.8 Å². The third-order valence-corrected chi connectivity index (χ3v) is 6.79. The van der Waals surface area contributed by atoms with E-state index >= 15 is 0 Å².